The van der Waals surface area contributed by atoms with Crippen molar-refractivity contribution in [2.45, 2.75) is 25.7 Å². The minimum Gasteiger partial charge on any atom is -0.550 e. The molecule has 0 amide bonds. The molecule has 0 aromatic heterocycles. The standard InChI is InChI=1S/C6H11O2.Na/c1-2-3-4-5-6(7)8;/h1-5H2,(H,7,8);/q;+1/p-1. The van der Waals surface area contributed by atoms with Gasteiger partial charge in [0.05, 0.1) is 0 Å². The summed E-state index contributed by atoms with van der Waals surface area (Å²) in [6.07, 6.45) is 2.57. The van der Waals surface area contributed by atoms with Crippen molar-refractivity contribution in [2.24, 2.45) is 0 Å². The second-order valence-corrected chi connectivity index (χ2v) is 1.68. The van der Waals surface area contributed by atoms with Crippen molar-refractivity contribution in [3.8, 4) is 0 Å². The van der Waals surface area contributed by atoms with Crippen LogP contribution in [0.5, 0.6) is 0 Å². The number of unbranched alkanes of at least 4 members (excludes halogenated alkanes) is 2. The molecule has 3 heteroatoms. The Balaban J connectivity index is 0. The van der Waals surface area contributed by atoms with Crippen molar-refractivity contribution >= 4 is 5.97 Å². The third-order valence-corrected chi connectivity index (χ3v) is 0.881. The minimum absolute atomic E-state index is 0. The Morgan fingerprint density at radius 2 is 2.00 bits per heavy atom. The number of aliphatic carboxylic acids is 1. The number of hydrogen-bond donors (Lipinski definition) is 0. The molecule has 0 aromatic rings. The van der Waals surface area contributed by atoms with Crippen LogP contribution in [0.4, 0.5) is 0 Å². The van der Waals surface area contributed by atoms with Gasteiger partial charge in [0.15, 0.2) is 0 Å². The number of rotatable bonds is 4. The Morgan fingerprint density at radius 3 is 2.33 bits per heavy atom. The van der Waals surface area contributed by atoms with Crippen LogP contribution >= 0.6 is 0 Å². The van der Waals surface area contributed by atoms with Gasteiger partial charge in [-0.25, -0.2) is 0 Å². The average molecular weight is 137 g/mol. The van der Waals surface area contributed by atoms with Crippen LogP contribution in [-0.4, -0.2) is 5.97 Å². The molecule has 1 radical (unpaired) electrons. The Kier molecular flexibility index (Phi) is 11.5. The maximum Gasteiger partial charge on any atom is 1.00 e. The zero-order valence-corrected chi connectivity index (χ0v) is 7.85. The molecule has 0 saturated heterocycles. The van der Waals surface area contributed by atoms with Gasteiger partial charge in [-0.05, 0) is 12.8 Å². The van der Waals surface area contributed by atoms with Crippen LogP contribution in [0.25, 0.3) is 0 Å². The molecule has 0 fully saturated rings. The summed E-state index contributed by atoms with van der Waals surface area (Å²) in [6, 6.07) is 0. The van der Waals surface area contributed by atoms with E-state index in [4.69, 9.17) is 0 Å². The summed E-state index contributed by atoms with van der Waals surface area (Å²) in [5, 5.41) is 9.74. The van der Waals surface area contributed by atoms with Gasteiger partial charge in [-0.3, -0.25) is 0 Å². The molecule has 0 N–H and O–H groups in total. The molecule has 0 unspecified atom stereocenters. The summed E-state index contributed by atoms with van der Waals surface area (Å²) in [5.41, 5.74) is 0. The van der Waals surface area contributed by atoms with E-state index < -0.39 is 5.97 Å². The SMILES string of the molecule is [CH2]CCCCC(=O)[O-].[Na+]. The number of hydrogen-bond acceptors (Lipinski definition) is 2. The fraction of sp³-hybridized carbons (Fsp3) is 0.667. The number of carboxylic acids is 1. The zero-order valence-electron chi connectivity index (χ0n) is 5.85. The van der Waals surface area contributed by atoms with Crippen molar-refractivity contribution in [1.29, 1.82) is 0 Å². The van der Waals surface area contributed by atoms with E-state index in [1.165, 1.54) is 0 Å². The molecule has 0 heterocycles. The molecule has 0 saturated carbocycles. The largest absolute Gasteiger partial charge is 1.00 e. The van der Waals surface area contributed by atoms with Gasteiger partial charge < -0.3 is 9.90 Å². The molecule has 0 bridgehead atoms. The summed E-state index contributed by atoms with van der Waals surface area (Å²) < 4.78 is 0. The molecule has 0 aromatic carbocycles. The van der Waals surface area contributed by atoms with Gasteiger partial charge in [-0.1, -0.05) is 19.8 Å². The quantitative estimate of drug-likeness (QED) is 0.309. The van der Waals surface area contributed by atoms with E-state index in [1.54, 1.807) is 0 Å². The van der Waals surface area contributed by atoms with Crippen molar-refractivity contribution in [3.63, 3.8) is 0 Å². The van der Waals surface area contributed by atoms with E-state index in [-0.39, 0.29) is 36.0 Å². The second kappa shape index (κ2) is 8.47. The van der Waals surface area contributed by atoms with Crippen LogP contribution in [0.2, 0.25) is 0 Å². The van der Waals surface area contributed by atoms with Gasteiger partial charge in [-0.15, -0.1) is 0 Å². The van der Waals surface area contributed by atoms with E-state index in [9.17, 15) is 9.90 Å². The Morgan fingerprint density at radius 1 is 1.44 bits per heavy atom. The number of carbonyl (C=O) groups excluding carboxylic acids is 1. The molecule has 2 nitrogen and oxygen atoms in total. The summed E-state index contributed by atoms with van der Waals surface area (Å²) in [7, 11) is 0. The first-order chi connectivity index (χ1) is 3.77. The molecule has 0 spiro atoms. The first kappa shape index (κ1) is 12.2. The van der Waals surface area contributed by atoms with Crippen LogP contribution in [0.3, 0.4) is 0 Å². The van der Waals surface area contributed by atoms with E-state index in [1.807, 2.05) is 0 Å². The van der Waals surface area contributed by atoms with Crippen LogP contribution in [-0.2, 0) is 4.79 Å². The topological polar surface area (TPSA) is 40.1 Å². The molecular formula is C6H10NaO2. The van der Waals surface area contributed by atoms with Gasteiger partial charge in [0, 0.05) is 5.97 Å². The van der Waals surface area contributed by atoms with Crippen LogP contribution < -0.4 is 34.7 Å². The van der Waals surface area contributed by atoms with Crippen LogP contribution in [0.15, 0.2) is 0 Å². The third kappa shape index (κ3) is 11.8. The fourth-order valence-corrected chi connectivity index (χ4v) is 0.446. The summed E-state index contributed by atoms with van der Waals surface area (Å²) in [4.78, 5) is 9.74. The van der Waals surface area contributed by atoms with Gasteiger partial charge >= 0.3 is 29.6 Å². The predicted octanol–water partition coefficient (Wildman–Crippen LogP) is -2.87. The first-order valence-electron chi connectivity index (χ1n) is 2.76. The summed E-state index contributed by atoms with van der Waals surface area (Å²) in [5.74, 6) is -0.960. The maximum absolute atomic E-state index is 9.74. The summed E-state index contributed by atoms with van der Waals surface area (Å²) in [6.45, 7) is 3.57. The van der Waals surface area contributed by atoms with Gasteiger partial charge in [0.25, 0.3) is 0 Å². The van der Waals surface area contributed by atoms with Crippen molar-refractivity contribution in [1.82, 2.24) is 0 Å². The monoisotopic (exact) mass is 137 g/mol. The first-order valence-corrected chi connectivity index (χ1v) is 2.76. The summed E-state index contributed by atoms with van der Waals surface area (Å²) >= 11 is 0. The molecular weight excluding hydrogens is 127 g/mol. The average Bonchev–Trinajstić information content (AvgIpc) is 1.66. The predicted molar refractivity (Wildman–Crippen MR) is 28.8 cm³/mol. The van der Waals surface area contributed by atoms with E-state index >= 15 is 0 Å². The molecule has 0 aliphatic carbocycles. The van der Waals surface area contributed by atoms with Gasteiger partial charge in [0.1, 0.15) is 0 Å². The van der Waals surface area contributed by atoms with Crippen molar-refractivity contribution in [3.05, 3.63) is 6.92 Å². The zero-order chi connectivity index (χ0) is 6.41. The molecule has 0 atom stereocenters. The van der Waals surface area contributed by atoms with Gasteiger partial charge in [-0.2, -0.15) is 0 Å². The minimum atomic E-state index is -0.960. The van der Waals surface area contributed by atoms with E-state index in [0.717, 1.165) is 12.8 Å². The number of carboxylic acid groups (broad SMARTS) is 1. The second-order valence-electron chi connectivity index (χ2n) is 1.68. The Hall–Kier alpha value is 0.470. The van der Waals surface area contributed by atoms with E-state index in [2.05, 4.69) is 6.92 Å². The Bertz CT molecular complexity index is 73.5. The molecule has 47 valence electrons. The normalized spacial score (nSPS) is 8.11. The van der Waals surface area contributed by atoms with Crippen molar-refractivity contribution < 1.29 is 39.5 Å². The van der Waals surface area contributed by atoms with Crippen LogP contribution in [0.1, 0.15) is 25.7 Å². The maximum atomic E-state index is 9.74. The third-order valence-electron chi connectivity index (χ3n) is 0.881. The smallest absolute Gasteiger partial charge is 0.550 e. The molecule has 0 aliphatic rings. The van der Waals surface area contributed by atoms with E-state index in [0.29, 0.717) is 6.42 Å². The van der Waals surface area contributed by atoms with Crippen LogP contribution in [0, 0.1) is 6.92 Å². The Labute approximate surface area is 77.9 Å². The molecule has 0 aliphatic heterocycles. The van der Waals surface area contributed by atoms with Crippen molar-refractivity contribution in [2.75, 3.05) is 0 Å². The fourth-order valence-electron chi connectivity index (χ4n) is 0.446. The van der Waals surface area contributed by atoms with Gasteiger partial charge in [0.2, 0.25) is 0 Å². The molecule has 0 rings (SSSR count). The molecule has 9 heavy (non-hydrogen) atoms. The number of carbonyl (C=O) groups is 1.